The van der Waals surface area contributed by atoms with Gasteiger partial charge in [0.2, 0.25) is 11.8 Å². The van der Waals surface area contributed by atoms with Gasteiger partial charge in [-0.05, 0) is 22.3 Å². The highest BCUT2D eigenvalue weighted by Gasteiger charge is 2.68. The summed E-state index contributed by atoms with van der Waals surface area (Å²) in [6.45, 7) is -0.382. The van der Waals surface area contributed by atoms with Crippen LogP contribution in [0.5, 0.6) is 0 Å². The average molecular weight is 604 g/mol. The largest absolute Gasteiger partial charge is 0.480 e. The molecule has 4 unspecified atom stereocenters. The van der Waals surface area contributed by atoms with Crippen LogP contribution in [0, 0.1) is 22.0 Å². The summed E-state index contributed by atoms with van der Waals surface area (Å²) in [5.74, 6) is -5.66. The zero-order valence-corrected chi connectivity index (χ0v) is 23.9. The van der Waals surface area contributed by atoms with Gasteiger partial charge in [-0.3, -0.25) is 34.7 Å². The molecule has 0 aliphatic carbocycles. The van der Waals surface area contributed by atoms with E-state index in [2.05, 4.69) is 5.32 Å². The molecule has 2 N–H and O–H groups in total. The van der Waals surface area contributed by atoms with Gasteiger partial charge in [-0.15, -0.1) is 0 Å². The number of benzene rings is 3. The monoisotopic (exact) mass is 603 g/mol. The minimum atomic E-state index is -3.52. The standard InChI is InChI=1S/C31H29N3O8S/c1-43(41,42)18-17-33-28(35)25-26(29(33)36)31(30(37)38,19-22-11-15-24(16-12-22)34(39)40)32-27(25)23-13-9-21(10-14-23)8-7-20-5-3-2-4-6-20/h2-16,25-27,32H,17-19H2,1H3,(H,37,38). The Kier molecular flexibility index (Phi) is 8.00. The number of imide groups is 1. The first-order chi connectivity index (χ1) is 20.4. The Bertz CT molecular complexity index is 1710. The van der Waals surface area contributed by atoms with Crippen molar-refractivity contribution in [2.24, 2.45) is 11.8 Å². The van der Waals surface area contributed by atoms with E-state index in [1.165, 1.54) is 24.3 Å². The zero-order valence-electron chi connectivity index (χ0n) is 23.1. The van der Waals surface area contributed by atoms with Crippen molar-refractivity contribution in [3.63, 3.8) is 0 Å². The second-order valence-corrected chi connectivity index (χ2v) is 13.1. The van der Waals surface area contributed by atoms with E-state index in [9.17, 15) is 38.0 Å². The highest BCUT2D eigenvalue weighted by molar-refractivity contribution is 7.90. The molecule has 2 fully saturated rings. The van der Waals surface area contributed by atoms with Gasteiger partial charge < -0.3 is 5.11 Å². The Morgan fingerprint density at radius 2 is 1.58 bits per heavy atom. The minimum absolute atomic E-state index is 0.177. The van der Waals surface area contributed by atoms with Crippen molar-refractivity contribution in [1.29, 1.82) is 0 Å². The molecule has 2 heterocycles. The first-order valence-electron chi connectivity index (χ1n) is 13.5. The molecule has 2 aliphatic rings. The Hall–Kier alpha value is -4.68. The normalized spacial score (nSPS) is 23.6. The van der Waals surface area contributed by atoms with E-state index in [1.807, 2.05) is 54.6 Å². The molecule has 0 bridgehead atoms. The number of hydrogen-bond acceptors (Lipinski definition) is 8. The molecular formula is C31H29N3O8S. The topological polar surface area (TPSA) is 164 Å². The quantitative estimate of drug-likeness (QED) is 0.153. The van der Waals surface area contributed by atoms with E-state index in [0.29, 0.717) is 11.1 Å². The second-order valence-electron chi connectivity index (χ2n) is 10.9. The number of sulfone groups is 1. The van der Waals surface area contributed by atoms with Crippen molar-refractivity contribution in [2.75, 3.05) is 18.6 Å². The fraction of sp³-hybridized carbons (Fsp3) is 0.258. The lowest BCUT2D eigenvalue weighted by molar-refractivity contribution is -0.384. The number of carboxylic acid groups (broad SMARTS) is 1. The van der Waals surface area contributed by atoms with Crippen LogP contribution in [0.1, 0.15) is 28.3 Å². The first-order valence-corrected chi connectivity index (χ1v) is 15.6. The average Bonchev–Trinajstić information content (AvgIpc) is 3.45. The van der Waals surface area contributed by atoms with Crippen LogP contribution in [0.15, 0.2) is 78.9 Å². The molecule has 4 atom stereocenters. The van der Waals surface area contributed by atoms with E-state index < -0.39 is 61.7 Å². The Balaban J connectivity index is 1.52. The number of nitro benzene ring substituents is 1. The van der Waals surface area contributed by atoms with Crippen molar-refractivity contribution < 1.29 is 32.8 Å². The number of hydrogen-bond donors (Lipinski definition) is 2. The number of likely N-dealkylation sites (tertiary alicyclic amines) is 1. The van der Waals surface area contributed by atoms with E-state index in [4.69, 9.17) is 0 Å². The molecule has 11 nitrogen and oxygen atoms in total. The number of carbonyl (C=O) groups is 3. The summed E-state index contributed by atoms with van der Waals surface area (Å²) in [4.78, 5) is 51.8. The van der Waals surface area contributed by atoms with E-state index in [0.717, 1.165) is 22.3 Å². The van der Waals surface area contributed by atoms with Crippen molar-refractivity contribution in [1.82, 2.24) is 10.2 Å². The third-order valence-corrected chi connectivity index (χ3v) is 8.93. The fourth-order valence-electron chi connectivity index (χ4n) is 5.89. The van der Waals surface area contributed by atoms with Crippen LogP contribution >= 0.6 is 0 Å². The van der Waals surface area contributed by atoms with Crippen molar-refractivity contribution in [3.05, 3.63) is 111 Å². The Morgan fingerprint density at radius 1 is 0.977 bits per heavy atom. The summed E-state index contributed by atoms with van der Waals surface area (Å²) in [5.41, 5.74) is 0.753. The molecule has 43 heavy (non-hydrogen) atoms. The number of aliphatic carboxylic acids is 1. The molecule has 0 saturated carbocycles. The van der Waals surface area contributed by atoms with Crippen LogP contribution in [-0.4, -0.2) is 65.2 Å². The molecule has 2 saturated heterocycles. The van der Waals surface area contributed by atoms with Gasteiger partial charge in [-0.25, -0.2) is 8.42 Å². The maximum atomic E-state index is 13.7. The molecule has 5 rings (SSSR count). The van der Waals surface area contributed by atoms with Gasteiger partial charge in [-0.1, -0.05) is 78.9 Å². The number of carbonyl (C=O) groups excluding carboxylic acids is 2. The summed E-state index contributed by atoms with van der Waals surface area (Å²) in [5, 5.41) is 24.8. The molecular weight excluding hydrogens is 574 g/mol. The number of carboxylic acids is 1. The number of fused-ring (bicyclic) bond motifs is 1. The lowest BCUT2D eigenvalue weighted by atomic mass is 9.76. The zero-order chi connectivity index (χ0) is 30.9. The van der Waals surface area contributed by atoms with Crippen LogP contribution in [0.25, 0.3) is 12.2 Å². The predicted octanol–water partition coefficient (Wildman–Crippen LogP) is 3.12. The summed E-state index contributed by atoms with van der Waals surface area (Å²) in [7, 11) is -3.52. The molecule has 222 valence electrons. The predicted molar refractivity (Wildman–Crippen MR) is 158 cm³/mol. The van der Waals surface area contributed by atoms with Gasteiger partial charge in [0, 0.05) is 37.4 Å². The fourth-order valence-corrected chi connectivity index (χ4v) is 6.40. The molecule has 3 aromatic carbocycles. The van der Waals surface area contributed by atoms with Gasteiger partial charge >= 0.3 is 5.97 Å². The van der Waals surface area contributed by atoms with E-state index in [1.54, 1.807) is 12.1 Å². The molecule has 3 aromatic rings. The van der Waals surface area contributed by atoms with Gasteiger partial charge in [0.15, 0.2) is 0 Å². The van der Waals surface area contributed by atoms with Crippen LogP contribution < -0.4 is 5.32 Å². The summed E-state index contributed by atoms with van der Waals surface area (Å²) >= 11 is 0. The molecule has 0 aromatic heterocycles. The van der Waals surface area contributed by atoms with Gasteiger partial charge in [0.1, 0.15) is 15.4 Å². The summed E-state index contributed by atoms with van der Waals surface area (Å²) in [6.07, 6.45) is 4.61. The highest BCUT2D eigenvalue weighted by atomic mass is 32.2. The molecule has 12 heteroatoms. The SMILES string of the molecule is CS(=O)(=O)CCN1C(=O)C2C(c3ccc(C=Cc4ccccc4)cc3)NC(Cc3ccc([N+](=O)[O-])cc3)(C(=O)O)C2C1=O. The first kappa shape index (κ1) is 29.8. The number of rotatable bonds is 10. The maximum absolute atomic E-state index is 13.7. The van der Waals surface area contributed by atoms with Crippen molar-refractivity contribution in [3.8, 4) is 0 Å². The molecule has 2 aliphatic heterocycles. The number of amides is 2. The molecule has 0 spiro atoms. The minimum Gasteiger partial charge on any atom is -0.480 e. The highest BCUT2D eigenvalue weighted by Crippen LogP contribution is 2.50. The van der Waals surface area contributed by atoms with Crippen LogP contribution in [0.3, 0.4) is 0 Å². The van der Waals surface area contributed by atoms with Crippen molar-refractivity contribution >= 4 is 45.5 Å². The Morgan fingerprint density at radius 3 is 2.14 bits per heavy atom. The smallest absolute Gasteiger partial charge is 0.325 e. The number of nitrogens with zero attached hydrogens (tertiary/aromatic N) is 2. The van der Waals surface area contributed by atoms with E-state index >= 15 is 0 Å². The van der Waals surface area contributed by atoms with Crippen LogP contribution in [-0.2, 0) is 30.6 Å². The van der Waals surface area contributed by atoms with Gasteiger partial charge in [0.05, 0.1) is 22.5 Å². The van der Waals surface area contributed by atoms with Gasteiger partial charge in [-0.2, -0.15) is 0 Å². The lowest BCUT2D eigenvalue weighted by Crippen LogP contribution is -2.57. The number of nitrogens with one attached hydrogen (secondary N) is 1. The number of nitro groups is 1. The maximum Gasteiger partial charge on any atom is 0.325 e. The molecule has 2 amide bonds. The molecule has 0 radical (unpaired) electrons. The van der Waals surface area contributed by atoms with E-state index in [-0.39, 0.29) is 18.7 Å². The van der Waals surface area contributed by atoms with Crippen LogP contribution in [0.2, 0.25) is 0 Å². The lowest BCUT2D eigenvalue weighted by Gasteiger charge is -2.31. The third-order valence-electron chi connectivity index (χ3n) is 8.01. The number of non-ortho nitro benzene ring substituents is 1. The summed E-state index contributed by atoms with van der Waals surface area (Å²) < 4.78 is 23.7. The van der Waals surface area contributed by atoms with Crippen molar-refractivity contribution in [2.45, 2.75) is 18.0 Å². The Labute approximate surface area is 247 Å². The van der Waals surface area contributed by atoms with Crippen LogP contribution in [0.4, 0.5) is 5.69 Å². The van der Waals surface area contributed by atoms with Gasteiger partial charge in [0.25, 0.3) is 5.69 Å². The summed E-state index contributed by atoms with van der Waals surface area (Å²) in [6, 6.07) is 21.3. The third kappa shape index (κ3) is 5.97. The second kappa shape index (κ2) is 11.5.